The molecule has 0 spiro atoms. The van der Waals surface area contributed by atoms with Crippen LogP contribution in [0.2, 0.25) is 5.02 Å². The van der Waals surface area contributed by atoms with Crippen molar-refractivity contribution in [1.82, 2.24) is 0 Å². The lowest BCUT2D eigenvalue weighted by Gasteiger charge is -2.19. The van der Waals surface area contributed by atoms with E-state index in [1.807, 2.05) is 13.0 Å². The molecule has 0 saturated carbocycles. The van der Waals surface area contributed by atoms with Crippen LogP contribution in [0.3, 0.4) is 0 Å². The van der Waals surface area contributed by atoms with Gasteiger partial charge in [-0.15, -0.1) is 0 Å². The first kappa shape index (κ1) is 14.0. The van der Waals surface area contributed by atoms with Gasteiger partial charge in [0.25, 0.3) is 0 Å². The second kappa shape index (κ2) is 5.32. The van der Waals surface area contributed by atoms with Gasteiger partial charge in [-0.25, -0.2) is 4.39 Å². The van der Waals surface area contributed by atoms with Gasteiger partial charge in [-0.2, -0.15) is 0 Å². The third-order valence-corrected chi connectivity index (χ3v) is 3.60. The fourth-order valence-corrected chi connectivity index (χ4v) is 2.60. The van der Waals surface area contributed by atoms with Crippen LogP contribution in [-0.2, 0) is 0 Å². The number of halogens is 2. The molecule has 2 aromatic rings. The van der Waals surface area contributed by atoms with Crippen molar-refractivity contribution in [1.29, 1.82) is 0 Å². The summed E-state index contributed by atoms with van der Waals surface area (Å²) in [7, 11) is 0. The molecule has 0 radical (unpaired) electrons. The summed E-state index contributed by atoms with van der Waals surface area (Å²) < 4.78 is 13.3. The van der Waals surface area contributed by atoms with E-state index in [1.165, 1.54) is 12.1 Å². The number of hydrogen-bond donors (Lipinski definition) is 1. The van der Waals surface area contributed by atoms with Gasteiger partial charge in [-0.1, -0.05) is 17.7 Å². The van der Waals surface area contributed by atoms with Crippen LogP contribution in [0.15, 0.2) is 30.3 Å². The zero-order valence-electron chi connectivity index (χ0n) is 11.2. The highest BCUT2D eigenvalue weighted by atomic mass is 35.5. The van der Waals surface area contributed by atoms with Crippen molar-refractivity contribution in [2.75, 3.05) is 0 Å². The van der Waals surface area contributed by atoms with Crippen LogP contribution in [0.4, 0.5) is 4.39 Å². The minimum atomic E-state index is -0.792. The van der Waals surface area contributed by atoms with E-state index in [4.69, 9.17) is 11.6 Å². The third kappa shape index (κ3) is 2.80. The topological polar surface area (TPSA) is 20.2 Å². The van der Waals surface area contributed by atoms with Crippen LogP contribution >= 0.6 is 11.6 Å². The largest absolute Gasteiger partial charge is 0.384 e. The maximum absolute atomic E-state index is 13.3. The monoisotopic (exact) mass is 278 g/mol. The van der Waals surface area contributed by atoms with Crippen LogP contribution < -0.4 is 0 Å². The Morgan fingerprint density at radius 3 is 2.16 bits per heavy atom. The van der Waals surface area contributed by atoms with Gasteiger partial charge < -0.3 is 5.11 Å². The fraction of sp³-hybridized carbons (Fsp3) is 0.250. The van der Waals surface area contributed by atoms with E-state index in [0.717, 1.165) is 27.8 Å². The summed E-state index contributed by atoms with van der Waals surface area (Å²) in [6, 6.07) is 8.28. The first-order valence-electron chi connectivity index (χ1n) is 6.11. The van der Waals surface area contributed by atoms with Gasteiger partial charge in [-0.3, -0.25) is 0 Å². The van der Waals surface area contributed by atoms with Gasteiger partial charge in [0.05, 0.1) is 0 Å². The number of aliphatic hydroxyl groups is 1. The third-order valence-electron chi connectivity index (χ3n) is 3.37. The van der Waals surface area contributed by atoms with Gasteiger partial charge >= 0.3 is 0 Å². The lowest BCUT2D eigenvalue weighted by atomic mass is 9.91. The maximum Gasteiger partial charge on any atom is 0.123 e. The molecule has 2 rings (SSSR count). The van der Waals surface area contributed by atoms with Crippen molar-refractivity contribution >= 4 is 11.6 Å². The first-order chi connectivity index (χ1) is 8.90. The number of hydrogen-bond acceptors (Lipinski definition) is 1. The van der Waals surface area contributed by atoms with Crippen molar-refractivity contribution in [2.45, 2.75) is 26.9 Å². The molecule has 1 nitrogen and oxygen atoms in total. The quantitative estimate of drug-likeness (QED) is 0.858. The first-order valence-corrected chi connectivity index (χ1v) is 6.48. The molecule has 0 fully saturated rings. The van der Waals surface area contributed by atoms with E-state index >= 15 is 0 Å². The maximum atomic E-state index is 13.3. The Balaban J connectivity index is 2.56. The van der Waals surface area contributed by atoms with Crippen LogP contribution in [0.5, 0.6) is 0 Å². The summed E-state index contributed by atoms with van der Waals surface area (Å²) >= 11 is 5.98. The van der Waals surface area contributed by atoms with Gasteiger partial charge in [-0.05, 0) is 72.9 Å². The Labute approximate surface area is 117 Å². The molecule has 0 bridgehead atoms. The molecule has 0 saturated heterocycles. The van der Waals surface area contributed by atoms with Crippen LogP contribution in [-0.4, -0.2) is 5.11 Å². The van der Waals surface area contributed by atoms with E-state index in [2.05, 4.69) is 0 Å². The molecule has 1 unspecified atom stereocenters. The summed E-state index contributed by atoms with van der Waals surface area (Å²) in [5.74, 6) is -0.284. The van der Waals surface area contributed by atoms with E-state index in [1.54, 1.807) is 26.0 Å². The molecule has 0 aromatic heterocycles. The van der Waals surface area contributed by atoms with E-state index in [9.17, 15) is 9.50 Å². The Hall–Kier alpha value is -1.38. The predicted molar refractivity (Wildman–Crippen MR) is 76.1 cm³/mol. The zero-order chi connectivity index (χ0) is 14.2. The van der Waals surface area contributed by atoms with Crippen molar-refractivity contribution in [2.24, 2.45) is 0 Å². The van der Waals surface area contributed by atoms with Crippen molar-refractivity contribution in [3.8, 4) is 0 Å². The molecule has 3 heteroatoms. The molecular formula is C16H16ClFO. The van der Waals surface area contributed by atoms with Crippen molar-refractivity contribution < 1.29 is 9.50 Å². The van der Waals surface area contributed by atoms with Crippen molar-refractivity contribution in [3.05, 3.63) is 69.0 Å². The lowest BCUT2D eigenvalue weighted by molar-refractivity contribution is 0.218. The molecule has 0 amide bonds. The van der Waals surface area contributed by atoms with E-state index in [0.29, 0.717) is 5.02 Å². The molecule has 1 atom stereocenters. The summed E-state index contributed by atoms with van der Waals surface area (Å²) in [6.45, 7) is 5.52. The van der Waals surface area contributed by atoms with E-state index in [-0.39, 0.29) is 5.82 Å². The highest BCUT2D eigenvalue weighted by molar-refractivity contribution is 6.30. The summed E-state index contributed by atoms with van der Waals surface area (Å²) in [5, 5.41) is 11.1. The van der Waals surface area contributed by atoms with Crippen LogP contribution in [0.1, 0.15) is 33.9 Å². The van der Waals surface area contributed by atoms with Crippen molar-refractivity contribution in [3.63, 3.8) is 0 Å². The molecule has 19 heavy (non-hydrogen) atoms. The Morgan fingerprint density at radius 1 is 1.00 bits per heavy atom. The molecule has 100 valence electrons. The molecule has 0 aliphatic heterocycles. The van der Waals surface area contributed by atoms with E-state index < -0.39 is 6.10 Å². The highest BCUT2D eigenvalue weighted by Gasteiger charge is 2.18. The minimum Gasteiger partial charge on any atom is -0.384 e. The summed E-state index contributed by atoms with van der Waals surface area (Å²) in [6.07, 6.45) is -0.792. The molecule has 2 aromatic carbocycles. The number of benzene rings is 2. The second-order valence-electron chi connectivity index (χ2n) is 4.86. The standard InChI is InChI=1S/C16H16ClFO/c1-9-4-5-12(17)8-14(9)16(19)15-10(2)6-13(18)7-11(15)3/h4-8,16,19H,1-3H3. The molecular weight excluding hydrogens is 263 g/mol. The SMILES string of the molecule is Cc1ccc(Cl)cc1C(O)c1c(C)cc(F)cc1C. The fourth-order valence-electron chi connectivity index (χ4n) is 2.41. The smallest absolute Gasteiger partial charge is 0.123 e. The normalized spacial score (nSPS) is 12.5. The molecule has 0 heterocycles. The predicted octanol–water partition coefficient (Wildman–Crippen LogP) is 4.49. The van der Waals surface area contributed by atoms with Gasteiger partial charge in [0.15, 0.2) is 0 Å². The Kier molecular flexibility index (Phi) is 3.93. The second-order valence-corrected chi connectivity index (χ2v) is 5.29. The average molecular weight is 279 g/mol. The zero-order valence-corrected chi connectivity index (χ0v) is 11.9. The number of aryl methyl sites for hydroxylation is 3. The Morgan fingerprint density at radius 2 is 1.58 bits per heavy atom. The number of aliphatic hydroxyl groups excluding tert-OH is 1. The molecule has 0 aliphatic rings. The minimum absolute atomic E-state index is 0.284. The molecule has 1 N–H and O–H groups in total. The summed E-state index contributed by atoms with van der Waals surface area (Å²) in [5.41, 5.74) is 3.94. The van der Waals surface area contributed by atoms with Gasteiger partial charge in [0.2, 0.25) is 0 Å². The highest BCUT2D eigenvalue weighted by Crippen LogP contribution is 2.31. The number of rotatable bonds is 2. The van der Waals surface area contributed by atoms with Gasteiger partial charge in [0.1, 0.15) is 11.9 Å². The Bertz CT molecular complexity index is 599. The molecule has 0 aliphatic carbocycles. The van der Waals surface area contributed by atoms with Gasteiger partial charge in [0, 0.05) is 5.02 Å². The van der Waals surface area contributed by atoms with Crippen LogP contribution in [0, 0.1) is 26.6 Å². The summed E-state index contributed by atoms with van der Waals surface area (Å²) in [4.78, 5) is 0. The van der Waals surface area contributed by atoms with Crippen LogP contribution in [0.25, 0.3) is 0 Å². The lowest BCUT2D eigenvalue weighted by Crippen LogP contribution is -2.07. The average Bonchev–Trinajstić information content (AvgIpc) is 2.30.